The monoisotopic (exact) mass is 217 g/mol. The van der Waals surface area contributed by atoms with E-state index in [0.29, 0.717) is 10.9 Å². The van der Waals surface area contributed by atoms with E-state index in [1.807, 2.05) is 19.9 Å². The van der Waals surface area contributed by atoms with Crippen LogP contribution < -0.4 is 11.0 Å². The summed E-state index contributed by atoms with van der Waals surface area (Å²) in [5.41, 5.74) is 0.778. The topological polar surface area (TPSA) is 70.2 Å². The second-order valence-corrected chi connectivity index (χ2v) is 3.85. The molecule has 82 valence electrons. The molecule has 0 saturated heterocycles. The van der Waals surface area contributed by atoms with E-state index in [-0.39, 0.29) is 5.75 Å². The zero-order valence-corrected chi connectivity index (χ0v) is 9.00. The lowest BCUT2D eigenvalue weighted by Crippen LogP contribution is -2.22. The average Bonchev–Trinajstić information content (AvgIpc) is 2.24. The Bertz CT molecular complexity index is 686. The second-order valence-electron chi connectivity index (χ2n) is 3.85. The minimum Gasteiger partial charge on any atom is -0.507 e. The van der Waals surface area contributed by atoms with E-state index in [1.54, 1.807) is 6.07 Å². The van der Waals surface area contributed by atoms with Gasteiger partial charge >= 0.3 is 0 Å². The number of aryl methyl sites for hydroxylation is 2. The number of nitrogens with one attached hydrogen (secondary N) is 1. The van der Waals surface area contributed by atoms with Gasteiger partial charge < -0.3 is 10.1 Å². The third-order valence-corrected chi connectivity index (χ3v) is 2.48. The molecule has 0 fully saturated rings. The molecule has 2 N–H and O–H groups in total. The summed E-state index contributed by atoms with van der Waals surface area (Å²) in [6, 6.07) is 4.55. The molecule has 2 rings (SSSR count). The Morgan fingerprint density at radius 2 is 1.81 bits per heavy atom. The van der Waals surface area contributed by atoms with E-state index in [0.717, 1.165) is 17.2 Å². The summed E-state index contributed by atoms with van der Waals surface area (Å²) < 4.78 is 0. The Morgan fingerprint density at radius 1 is 1.12 bits per heavy atom. The highest BCUT2D eigenvalue weighted by Gasteiger charge is 2.05. The fourth-order valence-electron chi connectivity index (χ4n) is 1.85. The predicted octanol–water partition coefficient (Wildman–Crippen LogP) is 1.21. The van der Waals surface area contributed by atoms with Crippen LogP contribution in [0.15, 0.2) is 27.8 Å². The van der Waals surface area contributed by atoms with Crippen molar-refractivity contribution in [3.63, 3.8) is 0 Å². The summed E-state index contributed by atoms with van der Waals surface area (Å²) in [5, 5.41) is 10.3. The number of fused-ring (bicyclic) bond motifs is 1. The van der Waals surface area contributed by atoms with Gasteiger partial charge in [0.2, 0.25) is 5.43 Å². The zero-order valence-electron chi connectivity index (χ0n) is 9.00. The molecule has 0 amide bonds. The fraction of sp³-hybridized carbons (Fsp3) is 0.167. The Kier molecular flexibility index (Phi) is 2.27. The van der Waals surface area contributed by atoms with Crippen LogP contribution in [0.25, 0.3) is 10.9 Å². The molecule has 0 saturated carbocycles. The molecule has 1 aromatic heterocycles. The second kappa shape index (κ2) is 3.48. The first-order valence-electron chi connectivity index (χ1n) is 4.86. The van der Waals surface area contributed by atoms with E-state index >= 15 is 0 Å². The van der Waals surface area contributed by atoms with Crippen molar-refractivity contribution in [3.8, 4) is 5.75 Å². The van der Waals surface area contributed by atoms with Crippen molar-refractivity contribution in [1.82, 2.24) is 4.98 Å². The molecule has 0 atom stereocenters. The van der Waals surface area contributed by atoms with Crippen molar-refractivity contribution in [2.45, 2.75) is 13.8 Å². The minimum absolute atomic E-state index is 0.171. The van der Waals surface area contributed by atoms with Gasteiger partial charge in [0.1, 0.15) is 5.75 Å². The highest BCUT2D eigenvalue weighted by atomic mass is 16.3. The summed E-state index contributed by atoms with van der Waals surface area (Å²) in [6.45, 7) is 3.70. The third kappa shape index (κ3) is 1.58. The molecule has 4 heteroatoms. The van der Waals surface area contributed by atoms with Crippen molar-refractivity contribution < 1.29 is 5.11 Å². The number of benzene rings is 1. The Balaban J connectivity index is 3.16. The zero-order chi connectivity index (χ0) is 11.9. The van der Waals surface area contributed by atoms with Crippen LogP contribution in [0.3, 0.4) is 0 Å². The molecular formula is C12H11NO3. The largest absolute Gasteiger partial charge is 0.507 e. The molecule has 0 aliphatic carbocycles. The fourth-order valence-corrected chi connectivity index (χ4v) is 1.85. The van der Waals surface area contributed by atoms with E-state index < -0.39 is 11.0 Å². The molecule has 0 aliphatic heterocycles. The van der Waals surface area contributed by atoms with Gasteiger partial charge in [-0.3, -0.25) is 9.59 Å². The molecular weight excluding hydrogens is 206 g/mol. The van der Waals surface area contributed by atoms with Gasteiger partial charge in [0.25, 0.3) is 5.56 Å². The quantitative estimate of drug-likeness (QED) is 0.651. The van der Waals surface area contributed by atoms with Crippen molar-refractivity contribution >= 4 is 10.9 Å². The van der Waals surface area contributed by atoms with Gasteiger partial charge in [0.15, 0.2) is 0 Å². The van der Waals surface area contributed by atoms with Gasteiger partial charge in [0.05, 0.1) is 5.52 Å². The van der Waals surface area contributed by atoms with Crippen molar-refractivity contribution in [3.05, 3.63) is 49.9 Å². The summed E-state index contributed by atoms with van der Waals surface area (Å²) in [4.78, 5) is 25.1. The summed E-state index contributed by atoms with van der Waals surface area (Å²) >= 11 is 0. The lowest BCUT2D eigenvalue weighted by Gasteiger charge is -2.02. The van der Waals surface area contributed by atoms with Crippen LogP contribution in [0.1, 0.15) is 11.1 Å². The molecule has 1 heterocycles. The average molecular weight is 217 g/mol. The van der Waals surface area contributed by atoms with E-state index in [2.05, 4.69) is 4.98 Å². The van der Waals surface area contributed by atoms with Gasteiger partial charge in [-0.05, 0) is 31.0 Å². The van der Waals surface area contributed by atoms with Crippen LogP contribution in [0.5, 0.6) is 5.75 Å². The Morgan fingerprint density at radius 3 is 2.50 bits per heavy atom. The highest BCUT2D eigenvalue weighted by Crippen LogP contribution is 2.24. The number of aromatic nitrogens is 1. The summed E-state index contributed by atoms with van der Waals surface area (Å²) in [5.74, 6) is -0.171. The molecule has 4 nitrogen and oxygen atoms in total. The predicted molar refractivity (Wildman–Crippen MR) is 62.0 cm³/mol. The van der Waals surface area contributed by atoms with Gasteiger partial charge in [0, 0.05) is 11.5 Å². The smallest absolute Gasteiger partial charge is 0.296 e. The first-order chi connectivity index (χ1) is 7.49. The molecule has 16 heavy (non-hydrogen) atoms. The van der Waals surface area contributed by atoms with Gasteiger partial charge in [-0.15, -0.1) is 0 Å². The van der Waals surface area contributed by atoms with Crippen LogP contribution in [0, 0.1) is 13.8 Å². The van der Waals surface area contributed by atoms with Crippen LogP contribution in [0.4, 0.5) is 0 Å². The number of hydrogen-bond acceptors (Lipinski definition) is 3. The van der Waals surface area contributed by atoms with Crippen LogP contribution in [-0.4, -0.2) is 10.1 Å². The van der Waals surface area contributed by atoms with E-state index in [4.69, 9.17) is 0 Å². The SMILES string of the molecule is Cc1cc(C)c2c(O)cc(=O)c(=O)[nH]c2c1. The van der Waals surface area contributed by atoms with Gasteiger partial charge in [-0.25, -0.2) is 0 Å². The lowest BCUT2D eigenvalue weighted by molar-refractivity contribution is 0.481. The van der Waals surface area contributed by atoms with Gasteiger partial charge in [-0.2, -0.15) is 0 Å². The first-order valence-corrected chi connectivity index (χ1v) is 4.86. The van der Waals surface area contributed by atoms with E-state index in [9.17, 15) is 14.7 Å². The number of aromatic amines is 1. The van der Waals surface area contributed by atoms with Crippen LogP contribution in [-0.2, 0) is 0 Å². The number of rotatable bonds is 0. The molecule has 0 unspecified atom stereocenters. The molecule has 1 aromatic carbocycles. The number of H-pyrrole nitrogens is 1. The molecule has 0 aliphatic rings. The van der Waals surface area contributed by atoms with Crippen molar-refractivity contribution in [2.75, 3.05) is 0 Å². The van der Waals surface area contributed by atoms with Crippen molar-refractivity contribution in [1.29, 1.82) is 0 Å². The first kappa shape index (κ1) is 10.4. The maximum atomic E-state index is 11.3. The Labute approximate surface area is 91.2 Å². The maximum absolute atomic E-state index is 11.3. The molecule has 0 radical (unpaired) electrons. The van der Waals surface area contributed by atoms with E-state index in [1.165, 1.54) is 0 Å². The summed E-state index contributed by atoms with van der Waals surface area (Å²) in [6.07, 6.45) is 0. The molecule has 2 aromatic rings. The normalized spacial score (nSPS) is 10.6. The van der Waals surface area contributed by atoms with Gasteiger partial charge in [-0.1, -0.05) is 6.07 Å². The Hall–Kier alpha value is -2.10. The third-order valence-electron chi connectivity index (χ3n) is 2.48. The lowest BCUT2D eigenvalue weighted by atomic mass is 10.1. The van der Waals surface area contributed by atoms with Crippen molar-refractivity contribution in [2.24, 2.45) is 0 Å². The molecule has 0 bridgehead atoms. The highest BCUT2D eigenvalue weighted by molar-refractivity contribution is 5.87. The maximum Gasteiger partial charge on any atom is 0.296 e. The standard InChI is InChI=1S/C12H11NO3/c1-6-3-7(2)11-8(4-6)13-12(16)10(15)5-9(11)14/h3-5,14H,1-2H3,(H,13,15,16). The summed E-state index contributed by atoms with van der Waals surface area (Å²) in [7, 11) is 0. The van der Waals surface area contributed by atoms with Crippen LogP contribution >= 0.6 is 0 Å². The number of aromatic hydroxyl groups is 1. The number of hydrogen-bond donors (Lipinski definition) is 2. The molecule has 0 spiro atoms. The minimum atomic E-state index is -0.745. The van der Waals surface area contributed by atoms with Crippen LogP contribution in [0.2, 0.25) is 0 Å².